The zero-order valence-electron chi connectivity index (χ0n) is 17.6. The van der Waals surface area contributed by atoms with E-state index in [1.165, 1.54) is 11.8 Å². The summed E-state index contributed by atoms with van der Waals surface area (Å²) >= 11 is 1.45. The minimum Gasteiger partial charge on any atom is -0.395 e. The standard InChI is InChI=1S/C20H30N4O5S2/c1-14-3-4-15(19(27)21-5-2-6-24(7-9-25)8-10-26)11-16(14)22-20-23-17-12-31(28,29)13-18(17)30-20/h3-4,11,17-18,25-26H,2,5-10,12-13H2,1H3,(H,21,27)(H,22,23)/t17-,18+/m0/s1. The molecule has 0 aromatic heterocycles. The Morgan fingerprint density at radius 2 is 1.97 bits per heavy atom. The number of amides is 1. The van der Waals surface area contributed by atoms with Crippen LogP contribution in [-0.2, 0) is 9.84 Å². The predicted octanol–water partition coefficient (Wildman–Crippen LogP) is 0.0818. The predicted molar refractivity (Wildman–Crippen MR) is 124 cm³/mol. The van der Waals surface area contributed by atoms with Gasteiger partial charge in [0.05, 0.1) is 30.8 Å². The monoisotopic (exact) mass is 470 g/mol. The van der Waals surface area contributed by atoms with Gasteiger partial charge in [-0.1, -0.05) is 17.8 Å². The van der Waals surface area contributed by atoms with Gasteiger partial charge in [0.2, 0.25) is 0 Å². The van der Waals surface area contributed by atoms with Gasteiger partial charge in [-0.05, 0) is 37.6 Å². The molecule has 2 aliphatic rings. The van der Waals surface area contributed by atoms with Crippen molar-refractivity contribution in [1.29, 1.82) is 0 Å². The van der Waals surface area contributed by atoms with E-state index in [4.69, 9.17) is 10.2 Å². The summed E-state index contributed by atoms with van der Waals surface area (Å²) < 4.78 is 23.4. The molecule has 1 aromatic rings. The third-order valence-electron chi connectivity index (χ3n) is 5.33. The van der Waals surface area contributed by atoms with Gasteiger partial charge in [0.1, 0.15) is 0 Å². The Kier molecular flexibility index (Phi) is 8.34. The maximum Gasteiger partial charge on any atom is 0.251 e. The number of carbonyl (C=O) groups excluding carboxylic acids is 1. The van der Waals surface area contributed by atoms with Crippen LogP contribution in [0, 0.1) is 6.92 Å². The van der Waals surface area contributed by atoms with Crippen LogP contribution >= 0.6 is 11.8 Å². The lowest BCUT2D eigenvalue weighted by Gasteiger charge is -2.20. The summed E-state index contributed by atoms with van der Waals surface area (Å²) in [6.45, 7) is 4.17. The van der Waals surface area contributed by atoms with Crippen LogP contribution in [0.2, 0.25) is 0 Å². The lowest BCUT2D eigenvalue weighted by molar-refractivity contribution is 0.0949. The average Bonchev–Trinajstić information content (AvgIpc) is 3.19. The first-order chi connectivity index (χ1) is 14.8. The van der Waals surface area contributed by atoms with E-state index in [1.807, 2.05) is 17.9 Å². The SMILES string of the molecule is Cc1ccc(C(=O)NCCCN(CCO)CCO)cc1NC1=N[C@H]2CS(=O)(=O)C[C@H]2S1. The lowest BCUT2D eigenvalue weighted by Crippen LogP contribution is -2.33. The van der Waals surface area contributed by atoms with Crippen LogP contribution in [-0.4, -0.2) is 96.8 Å². The molecule has 0 bridgehead atoms. The zero-order valence-corrected chi connectivity index (χ0v) is 19.2. The number of sulfone groups is 1. The fourth-order valence-corrected chi connectivity index (χ4v) is 7.32. The van der Waals surface area contributed by atoms with Gasteiger partial charge >= 0.3 is 0 Å². The summed E-state index contributed by atoms with van der Waals surface area (Å²) in [6, 6.07) is 5.22. The number of aliphatic imine (C=N–C) groups is 1. The fourth-order valence-electron chi connectivity index (χ4n) is 3.65. The number of hydrogen-bond acceptors (Lipinski definition) is 9. The number of nitrogens with zero attached hydrogens (tertiary/aromatic N) is 2. The number of benzene rings is 1. The van der Waals surface area contributed by atoms with Gasteiger partial charge in [-0.15, -0.1) is 0 Å². The molecule has 2 atom stereocenters. The van der Waals surface area contributed by atoms with Gasteiger partial charge in [-0.25, -0.2) is 8.42 Å². The topological polar surface area (TPSA) is 131 Å². The molecular formula is C20H30N4O5S2. The van der Waals surface area contributed by atoms with Gasteiger partial charge in [0.15, 0.2) is 15.0 Å². The first kappa shape index (κ1) is 24.0. The normalized spacial score (nSPS) is 21.7. The Morgan fingerprint density at radius 1 is 1.23 bits per heavy atom. The van der Waals surface area contributed by atoms with Crippen molar-refractivity contribution in [3.8, 4) is 0 Å². The molecule has 1 amide bonds. The van der Waals surface area contributed by atoms with E-state index in [0.717, 1.165) is 11.3 Å². The molecule has 9 nitrogen and oxygen atoms in total. The van der Waals surface area contributed by atoms with Crippen LogP contribution in [0.25, 0.3) is 0 Å². The summed E-state index contributed by atoms with van der Waals surface area (Å²) in [5.74, 6) is 0.0838. The summed E-state index contributed by atoms with van der Waals surface area (Å²) in [4.78, 5) is 19.0. The van der Waals surface area contributed by atoms with Crippen molar-refractivity contribution in [2.75, 3.05) is 56.2 Å². The highest BCUT2D eigenvalue weighted by molar-refractivity contribution is 8.15. The molecule has 31 heavy (non-hydrogen) atoms. The molecule has 0 radical (unpaired) electrons. The highest BCUT2D eigenvalue weighted by atomic mass is 32.2. The van der Waals surface area contributed by atoms with Crippen molar-refractivity contribution >= 4 is 38.4 Å². The Labute approximate surface area is 187 Å². The molecule has 11 heteroatoms. The molecule has 172 valence electrons. The third kappa shape index (κ3) is 6.66. The number of anilines is 1. The van der Waals surface area contributed by atoms with Crippen molar-refractivity contribution in [1.82, 2.24) is 10.2 Å². The van der Waals surface area contributed by atoms with E-state index < -0.39 is 9.84 Å². The van der Waals surface area contributed by atoms with Crippen LogP contribution in [0.3, 0.4) is 0 Å². The Bertz CT molecular complexity index is 916. The van der Waals surface area contributed by atoms with Gasteiger partial charge in [0, 0.05) is 36.1 Å². The number of aliphatic hydroxyl groups excluding tert-OH is 2. The molecule has 2 aliphatic heterocycles. The van der Waals surface area contributed by atoms with Crippen molar-refractivity contribution in [2.24, 2.45) is 4.99 Å². The summed E-state index contributed by atoms with van der Waals surface area (Å²) in [5.41, 5.74) is 2.27. The molecule has 3 rings (SSSR count). The molecule has 1 fully saturated rings. The molecule has 0 spiro atoms. The first-order valence-corrected chi connectivity index (χ1v) is 13.1. The van der Waals surface area contributed by atoms with E-state index >= 15 is 0 Å². The molecule has 4 N–H and O–H groups in total. The Morgan fingerprint density at radius 3 is 2.65 bits per heavy atom. The van der Waals surface area contributed by atoms with Crippen molar-refractivity contribution in [2.45, 2.75) is 24.6 Å². The quantitative estimate of drug-likeness (QED) is 0.354. The summed E-state index contributed by atoms with van der Waals surface area (Å²) in [7, 11) is -2.99. The number of amidine groups is 1. The molecule has 0 unspecified atom stereocenters. The molecular weight excluding hydrogens is 440 g/mol. The average molecular weight is 471 g/mol. The summed E-state index contributed by atoms with van der Waals surface area (Å²) in [6.07, 6.45) is 0.710. The second kappa shape index (κ2) is 10.8. The Balaban J connectivity index is 1.53. The largest absolute Gasteiger partial charge is 0.395 e. The number of carbonyl (C=O) groups is 1. The van der Waals surface area contributed by atoms with Crippen LogP contribution in [0.15, 0.2) is 23.2 Å². The van der Waals surface area contributed by atoms with E-state index in [1.54, 1.807) is 12.1 Å². The Hall–Kier alpha value is -1.66. The van der Waals surface area contributed by atoms with E-state index in [0.29, 0.717) is 43.3 Å². The number of thioether (sulfide) groups is 1. The number of hydrogen-bond donors (Lipinski definition) is 4. The molecule has 1 saturated heterocycles. The molecule has 0 saturated carbocycles. The van der Waals surface area contributed by atoms with Crippen LogP contribution in [0.4, 0.5) is 5.69 Å². The smallest absolute Gasteiger partial charge is 0.251 e. The number of aryl methyl sites for hydroxylation is 1. The van der Waals surface area contributed by atoms with Crippen LogP contribution < -0.4 is 10.6 Å². The van der Waals surface area contributed by atoms with Gasteiger partial charge in [0.25, 0.3) is 5.91 Å². The lowest BCUT2D eigenvalue weighted by atomic mass is 10.1. The van der Waals surface area contributed by atoms with E-state index in [9.17, 15) is 13.2 Å². The van der Waals surface area contributed by atoms with Crippen LogP contribution in [0.1, 0.15) is 22.3 Å². The van der Waals surface area contributed by atoms with E-state index in [2.05, 4.69) is 15.6 Å². The first-order valence-electron chi connectivity index (χ1n) is 10.4. The number of nitrogens with one attached hydrogen (secondary N) is 2. The minimum absolute atomic E-state index is 0.0319. The number of fused-ring (bicyclic) bond motifs is 1. The fraction of sp³-hybridized carbons (Fsp3) is 0.600. The second-order valence-electron chi connectivity index (χ2n) is 7.79. The molecule has 0 aliphatic carbocycles. The van der Waals surface area contributed by atoms with Gasteiger partial charge < -0.3 is 20.8 Å². The minimum atomic E-state index is -2.99. The second-order valence-corrected chi connectivity index (χ2v) is 11.2. The van der Waals surface area contributed by atoms with Crippen molar-refractivity contribution in [3.63, 3.8) is 0 Å². The van der Waals surface area contributed by atoms with Crippen molar-refractivity contribution in [3.05, 3.63) is 29.3 Å². The molecule has 1 aromatic carbocycles. The molecule has 2 heterocycles. The van der Waals surface area contributed by atoms with E-state index in [-0.39, 0.29) is 41.9 Å². The van der Waals surface area contributed by atoms with Gasteiger partial charge in [-0.3, -0.25) is 14.7 Å². The maximum absolute atomic E-state index is 12.5. The van der Waals surface area contributed by atoms with Crippen molar-refractivity contribution < 1.29 is 23.4 Å². The van der Waals surface area contributed by atoms with Crippen LogP contribution in [0.5, 0.6) is 0 Å². The number of rotatable bonds is 10. The van der Waals surface area contributed by atoms with Gasteiger partial charge in [-0.2, -0.15) is 0 Å². The highest BCUT2D eigenvalue weighted by Gasteiger charge is 2.42. The number of aliphatic hydroxyl groups is 2. The maximum atomic E-state index is 12.5. The summed E-state index contributed by atoms with van der Waals surface area (Å²) in [5, 5.41) is 24.9. The third-order valence-corrected chi connectivity index (χ3v) is 8.47. The zero-order chi connectivity index (χ0) is 22.4. The highest BCUT2D eigenvalue weighted by Crippen LogP contribution is 2.35.